The summed E-state index contributed by atoms with van der Waals surface area (Å²) in [6.45, 7) is 9.54. The second kappa shape index (κ2) is 38.1. The molecule has 0 saturated heterocycles. The lowest BCUT2D eigenvalue weighted by molar-refractivity contribution is -0.384. The number of hydroxylamine groups is 2. The van der Waals surface area contributed by atoms with Crippen molar-refractivity contribution in [3.63, 3.8) is 0 Å². The van der Waals surface area contributed by atoms with E-state index >= 15 is 0 Å². The van der Waals surface area contributed by atoms with Gasteiger partial charge in [0.25, 0.3) is 5.69 Å². The van der Waals surface area contributed by atoms with Crippen LogP contribution >= 0.6 is 106 Å². The molecule has 20 rings (SSSR count). The molecule has 630 valence electrons. The molecule has 0 aliphatic carbocycles. The van der Waals surface area contributed by atoms with Gasteiger partial charge in [-0.2, -0.15) is 5.06 Å². The maximum atomic E-state index is 12.7. The Kier molecular flexibility index (Phi) is 26.8. The number of aromatic nitrogens is 5. The second-order valence-corrected chi connectivity index (χ2v) is 35.0. The molecule has 5 aliphatic rings. The van der Waals surface area contributed by atoms with Gasteiger partial charge < -0.3 is 59.7 Å². The number of nitrogens with zero attached hydrogens (tertiary/aromatic N) is 4. The van der Waals surface area contributed by atoms with Crippen molar-refractivity contribution in [1.82, 2.24) is 50.4 Å². The first-order valence-corrected chi connectivity index (χ1v) is 44.6. The van der Waals surface area contributed by atoms with Crippen molar-refractivity contribution < 1.29 is 43.5 Å². The number of aromatic amines is 5. The van der Waals surface area contributed by atoms with E-state index < -0.39 is 23.2 Å². The fourth-order valence-corrected chi connectivity index (χ4v) is 19.5. The largest absolute Gasteiger partial charge is 0.513 e. The number of rotatable bonds is 10. The molecule has 21 nitrogen and oxygen atoms in total. The average molecular weight is 1940 g/mol. The van der Waals surface area contributed by atoms with Gasteiger partial charge in [-0.1, -0.05) is 179 Å². The molecule has 2 amide bonds. The number of nitro groups is 1. The summed E-state index contributed by atoms with van der Waals surface area (Å²) in [6, 6.07) is 66.9. The van der Waals surface area contributed by atoms with Crippen molar-refractivity contribution >= 4 is 184 Å². The Morgan fingerprint density at radius 1 is 0.423 bits per heavy atom. The van der Waals surface area contributed by atoms with E-state index in [1.807, 2.05) is 97.1 Å². The van der Waals surface area contributed by atoms with Crippen molar-refractivity contribution in [3.05, 3.63) is 345 Å². The fraction of sp³-hybridized carbons (Fsp3) is 0.223. The SMILES string of the molecule is CCOC(=O)N1CCc2c([nH]c3ccc(Cl)cc23)C1c1cccc([N+](=O)[O-])c1.CCOC(=O)Oc1ccc(C2c3[nH]c4ccc(Cl)cc4c3CCN2C(=O)OCC)cc1.Clc1ccc(C2NCCc3c2[nH]c2ccc(Br)cc32)c(Cl)c1.Clc1cccc(C2NCCc3c2[nH]c2ccc(Br)cc32)c1.ON1CCc2c([nH]c3ccc(Br)cc23)C1c1ccccc1. The number of carbonyl (C=O) groups excluding carboxylic acids is 3. The quantitative estimate of drug-likeness (QED) is 0.0208. The molecule has 29 heteroatoms. The lowest BCUT2D eigenvalue weighted by Crippen LogP contribution is -2.41. The molecule has 15 aromatic rings. The molecule has 5 aromatic heterocycles. The van der Waals surface area contributed by atoms with Crippen molar-refractivity contribution in [2.24, 2.45) is 0 Å². The van der Waals surface area contributed by atoms with E-state index in [2.05, 4.69) is 150 Å². The Morgan fingerprint density at radius 2 is 0.837 bits per heavy atom. The van der Waals surface area contributed by atoms with Gasteiger partial charge >= 0.3 is 18.3 Å². The van der Waals surface area contributed by atoms with Crippen LogP contribution in [0.3, 0.4) is 0 Å². The van der Waals surface area contributed by atoms with Crippen molar-refractivity contribution in [1.29, 1.82) is 0 Å². The molecular weight excluding hydrogens is 1860 g/mol. The van der Waals surface area contributed by atoms with Crippen LogP contribution in [0.4, 0.5) is 20.1 Å². The van der Waals surface area contributed by atoms with Gasteiger partial charge in [0, 0.05) is 166 Å². The molecule has 0 saturated carbocycles. The molecule has 5 atom stereocenters. The van der Waals surface area contributed by atoms with Crippen LogP contribution in [-0.4, -0.2) is 121 Å². The molecule has 5 unspecified atom stereocenters. The smallest absolute Gasteiger partial charge is 0.450 e. The summed E-state index contributed by atoms with van der Waals surface area (Å²) < 4.78 is 23.8. The molecule has 8 N–H and O–H groups in total. The van der Waals surface area contributed by atoms with Crippen LogP contribution in [0.1, 0.15) is 135 Å². The molecule has 10 aromatic carbocycles. The number of hydrogen-bond acceptors (Lipinski definition) is 13. The topological polar surface area (TPSA) is 264 Å². The van der Waals surface area contributed by atoms with Gasteiger partial charge in [0.15, 0.2) is 0 Å². The van der Waals surface area contributed by atoms with E-state index in [1.54, 1.807) is 67.0 Å². The van der Waals surface area contributed by atoms with Crippen molar-refractivity contribution in [3.8, 4) is 5.75 Å². The van der Waals surface area contributed by atoms with E-state index in [1.165, 1.54) is 72.5 Å². The first-order valence-electron chi connectivity index (χ1n) is 40.3. The zero-order chi connectivity index (χ0) is 85.9. The molecule has 0 spiro atoms. The molecule has 0 bridgehead atoms. The number of halogens is 8. The predicted octanol–water partition coefficient (Wildman–Crippen LogP) is 24.9. The number of non-ortho nitro benzene ring substituents is 1. The highest BCUT2D eigenvalue weighted by atomic mass is 79.9. The summed E-state index contributed by atoms with van der Waals surface area (Å²) in [5.41, 5.74) is 21.8. The first-order chi connectivity index (χ1) is 59.6. The van der Waals surface area contributed by atoms with Gasteiger partial charge in [0.2, 0.25) is 0 Å². The van der Waals surface area contributed by atoms with Crippen LogP contribution in [0.25, 0.3) is 54.5 Å². The zero-order valence-electron chi connectivity index (χ0n) is 66.7. The van der Waals surface area contributed by atoms with Gasteiger partial charge in [-0.05, 0) is 236 Å². The third kappa shape index (κ3) is 18.5. The molecular formula is C94H83Br3Cl5N11O10. The van der Waals surface area contributed by atoms with Gasteiger partial charge in [0.1, 0.15) is 23.9 Å². The summed E-state index contributed by atoms with van der Waals surface area (Å²) in [7, 11) is 0. The molecule has 0 fully saturated rings. The third-order valence-corrected chi connectivity index (χ3v) is 25.4. The minimum atomic E-state index is -0.754. The zero-order valence-corrected chi connectivity index (χ0v) is 75.3. The Labute approximate surface area is 758 Å². The number of hydrogen-bond donors (Lipinski definition) is 8. The molecule has 5 aliphatic heterocycles. The Bertz CT molecular complexity index is 6480. The van der Waals surface area contributed by atoms with Crippen LogP contribution in [0.15, 0.2) is 226 Å². The number of benzene rings is 10. The molecule has 123 heavy (non-hydrogen) atoms. The number of ether oxygens (including phenoxy) is 4. The Balaban J connectivity index is 0.000000115. The number of nitro benzene ring substituents is 1. The van der Waals surface area contributed by atoms with Crippen LogP contribution < -0.4 is 15.4 Å². The van der Waals surface area contributed by atoms with Crippen LogP contribution in [-0.2, 0) is 46.3 Å². The van der Waals surface area contributed by atoms with Crippen molar-refractivity contribution in [2.45, 2.75) is 83.1 Å². The van der Waals surface area contributed by atoms with Crippen LogP contribution in [0.2, 0.25) is 25.1 Å². The Hall–Kier alpha value is -10.2. The number of carbonyl (C=O) groups is 3. The van der Waals surface area contributed by atoms with Crippen LogP contribution in [0.5, 0.6) is 5.75 Å². The second-order valence-electron chi connectivity index (χ2n) is 30.1. The van der Waals surface area contributed by atoms with E-state index in [0.717, 1.165) is 129 Å². The number of amides is 2. The van der Waals surface area contributed by atoms with Gasteiger partial charge in [-0.25, -0.2) is 14.4 Å². The normalized spacial score (nSPS) is 17.0. The van der Waals surface area contributed by atoms with E-state index in [9.17, 15) is 29.7 Å². The highest BCUT2D eigenvalue weighted by Crippen LogP contribution is 2.45. The number of nitrogens with one attached hydrogen (secondary N) is 7. The fourth-order valence-electron chi connectivity index (χ4n) is 17.4. The Morgan fingerprint density at radius 3 is 1.35 bits per heavy atom. The third-order valence-electron chi connectivity index (χ3n) is 22.7. The van der Waals surface area contributed by atoms with Gasteiger partial charge in [-0.15, -0.1) is 0 Å². The van der Waals surface area contributed by atoms with E-state index in [-0.39, 0.29) is 49.2 Å². The minimum Gasteiger partial charge on any atom is -0.450 e. The summed E-state index contributed by atoms with van der Waals surface area (Å²) in [5, 5.41) is 39.5. The standard InChI is InChI=1S/C23H23ClN2O5.C20H18ClN3O4.C17H13BrCl2N2.C17H14BrClN2.C17H15BrN2O/c1-3-29-22(27)26-12-11-17-18-13-15(24)7-10-19(18)25-20(17)21(26)14-5-8-16(9-6-14)31-23(28)30-4-2;1-2-28-20(25)23-9-8-15-16-11-13(21)6-7-17(16)22-18(15)19(23)12-4-3-5-14(10-12)24(26)27;18-9-1-4-15-13(7-9)11-5-6-21-16(17(11)22-15)12-3-2-10(19)8-14(12)20;18-11-4-5-15-14(9-11)13-6-7-20-16(17(13)21-15)10-2-1-3-12(19)8-10;18-12-6-7-15-14(10-12)13-8-9-20(21)17(16(13)19-15)11-4-2-1-3-5-11/h5-10,13,21,25H,3-4,11-12H2,1-2H3;3-7,10-11,19,22H,2,8-9H2,1H3;1-4,7-8,16,21-22H,5-6H2;1-5,8-9,16,20-21H,6-7H2;1-7,10,17,19,21H,8-9H2. The predicted molar refractivity (Wildman–Crippen MR) is 496 cm³/mol. The summed E-state index contributed by atoms with van der Waals surface area (Å²) in [4.78, 5) is 68.6. The lowest BCUT2D eigenvalue weighted by Gasteiger charge is -2.35. The highest BCUT2D eigenvalue weighted by molar-refractivity contribution is 9.11. The summed E-state index contributed by atoms with van der Waals surface area (Å²) in [5.74, 6) is 0.365. The van der Waals surface area contributed by atoms with E-state index in [0.29, 0.717) is 70.5 Å². The monoisotopic (exact) mass is 1940 g/mol. The first kappa shape index (κ1) is 86.4. The summed E-state index contributed by atoms with van der Waals surface area (Å²) in [6.07, 6.45) is 2.66. The van der Waals surface area contributed by atoms with Crippen molar-refractivity contribution in [2.75, 3.05) is 52.5 Å². The average Bonchev–Trinajstić information content (AvgIpc) is 1.65. The lowest BCUT2D eigenvalue weighted by atomic mass is 9.92. The minimum absolute atomic E-state index is 0.0208. The maximum absolute atomic E-state index is 12.7. The number of H-pyrrole nitrogens is 5. The molecule has 10 heterocycles. The van der Waals surface area contributed by atoms with Gasteiger partial charge in [-0.3, -0.25) is 19.9 Å². The van der Waals surface area contributed by atoms with Gasteiger partial charge in [0.05, 0.1) is 36.8 Å². The maximum Gasteiger partial charge on any atom is 0.513 e. The molecule has 0 radical (unpaired) electrons. The highest BCUT2D eigenvalue weighted by Gasteiger charge is 2.39. The van der Waals surface area contributed by atoms with Crippen LogP contribution in [0, 0.1) is 10.1 Å². The number of fused-ring (bicyclic) bond motifs is 15. The van der Waals surface area contributed by atoms with E-state index in [4.69, 9.17) is 77.0 Å². The summed E-state index contributed by atoms with van der Waals surface area (Å²) >= 11 is 41.6.